The summed E-state index contributed by atoms with van der Waals surface area (Å²) >= 11 is 0. The molecule has 0 spiro atoms. The molecule has 0 N–H and O–H groups in total. The average molecular weight is 573 g/mol. The van der Waals surface area contributed by atoms with E-state index < -0.39 is 0 Å². The zero-order valence-electron chi connectivity index (χ0n) is 27.8. The van der Waals surface area contributed by atoms with E-state index in [1.807, 2.05) is 24.3 Å². The van der Waals surface area contributed by atoms with Crippen molar-refractivity contribution in [3.8, 4) is 0 Å². The fourth-order valence-electron chi connectivity index (χ4n) is 5.74. The molecule has 230 valence electrons. The van der Waals surface area contributed by atoms with Crippen molar-refractivity contribution in [3.05, 3.63) is 59.7 Å². The van der Waals surface area contributed by atoms with Gasteiger partial charge in [0.2, 0.25) is 0 Å². The third-order valence-electron chi connectivity index (χ3n) is 9.09. The van der Waals surface area contributed by atoms with Gasteiger partial charge in [-0.1, -0.05) is 105 Å². The van der Waals surface area contributed by atoms with E-state index in [1.54, 1.807) is 0 Å². The van der Waals surface area contributed by atoms with Crippen LogP contribution in [0, 0.1) is 10.8 Å². The van der Waals surface area contributed by atoms with Gasteiger partial charge in [-0.25, -0.2) is 0 Å². The normalized spacial score (nSPS) is 12.6. The summed E-state index contributed by atoms with van der Waals surface area (Å²) in [4.78, 5) is 32.2. The predicted molar refractivity (Wildman–Crippen MR) is 181 cm³/mol. The molecule has 0 bridgehead atoms. The van der Waals surface area contributed by atoms with Gasteiger partial charge >= 0.3 is 0 Å². The van der Waals surface area contributed by atoms with Crippen molar-refractivity contribution in [3.63, 3.8) is 0 Å². The second kappa shape index (κ2) is 15.3. The first-order chi connectivity index (χ1) is 19.9. The Labute approximate surface area is 255 Å². The Morgan fingerprint density at radius 2 is 1.00 bits per heavy atom. The van der Waals surface area contributed by atoms with Crippen LogP contribution >= 0.6 is 0 Å². The summed E-state index contributed by atoms with van der Waals surface area (Å²) in [7, 11) is 0. The van der Waals surface area contributed by atoms with Crippen molar-refractivity contribution < 1.29 is 9.59 Å². The number of hydrogen-bond donors (Lipinski definition) is 0. The van der Waals surface area contributed by atoms with Gasteiger partial charge in [-0.15, -0.1) is 0 Å². The molecule has 3 aromatic carbocycles. The summed E-state index contributed by atoms with van der Waals surface area (Å²) in [5.41, 5.74) is 1.89. The maximum absolute atomic E-state index is 13.8. The Morgan fingerprint density at radius 3 is 1.33 bits per heavy atom. The van der Waals surface area contributed by atoms with E-state index in [1.165, 1.54) is 0 Å². The van der Waals surface area contributed by atoms with Gasteiger partial charge in [-0.2, -0.15) is 0 Å². The molecule has 0 aromatic heterocycles. The number of fused-ring (bicyclic) bond motifs is 2. The highest BCUT2D eigenvalue weighted by molar-refractivity contribution is 6.16. The molecule has 0 saturated carbocycles. The summed E-state index contributed by atoms with van der Waals surface area (Å²) in [6.45, 7) is 22.6. The van der Waals surface area contributed by atoms with Crippen molar-refractivity contribution in [1.29, 1.82) is 0 Å². The maximum atomic E-state index is 13.8. The van der Waals surface area contributed by atoms with Gasteiger partial charge in [0.1, 0.15) is 0 Å². The minimum Gasteiger partial charge on any atom is -0.295 e. The number of Topliss-reactive ketones (excluding diaryl/α,β-unsaturated/α-hetero) is 2. The zero-order valence-corrected chi connectivity index (χ0v) is 27.8. The molecule has 0 fully saturated rings. The van der Waals surface area contributed by atoms with Crippen LogP contribution in [-0.4, -0.2) is 60.6 Å². The van der Waals surface area contributed by atoms with Crippen LogP contribution in [0.25, 0.3) is 21.5 Å². The molecule has 0 amide bonds. The van der Waals surface area contributed by atoms with Gasteiger partial charge < -0.3 is 0 Å². The van der Waals surface area contributed by atoms with Crippen LogP contribution in [0.15, 0.2) is 48.5 Å². The molecule has 0 radical (unpaired) electrons. The highest BCUT2D eigenvalue weighted by atomic mass is 16.1. The highest BCUT2D eigenvalue weighted by Crippen LogP contribution is 2.30. The van der Waals surface area contributed by atoms with Crippen molar-refractivity contribution in [2.24, 2.45) is 10.8 Å². The first kappa shape index (κ1) is 33.9. The second-order valence-electron chi connectivity index (χ2n) is 13.9. The smallest absolute Gasteiger partial charge is 0.177 e. The number of carbonyl (C=O) groups is 2. The quantitative estimate of drug-likeness (QED) is 0.112. The third-order valence-corrected chi connectivity index (χ3v) is 9.09. The molecule has 3 rings (SSSR count). The largest absolute Gasteiger partial charge is 0.295 e. The molecule has 42 heavy (non-hydrogen) atoms. The minimum atomic E-state index is 0.167. The topological polar surface area (TPSA) is 40.6 Å². The number of ketones is 2. The van der Waals surface area contributed by atoms with Crippen LogP contribution < -0.4 is 0 Å². The first-order valence-electron chi connectivity index (χ1n) is 16.4. The fourth-order valence-corrected chi connectivity index (χ4v) is 5.74. The molecule has 0 heterocycles. The Hall–Kier alpha value is -2.56. The number of nitrogens with zero attached hydrogens (tertiary/aromatic N) is 2. The Balaban J connectivity index is 1.94. The molecule has 3 aromatic rings. The Morgan fingerprint density at radius 1 is 0.619 bits per heavy atom. The summed E-state index contributed by atoms with van der Waals surface area (Å²) < 4.78 is 0. The Bertz CT molecular complexity index is 1240. The van der Waals surface area contributed by atoms with Crippen molar-refractivity contribution >= 4 is 33.1 Å². The third kappa shape index (κ3) is 9.22. The number of carbonyl (C=O) groups excluding carboxylic acids is 2. The molecule has 0 atom stereocenters. The molecule has 0 aliphatic rings. The summed E-state index contributed by atoms with van der Waals surface area (Å²) in [5.74, 6) is 0.334. The number of hydrogen-bond acceptors (Lipinski definition) is 4. The van der Waals surface area contributed by atoms with E-state index in [4.69, 9.17) is 0 Å². The lowest BCUT2D eigenvalue weighted by Gasteiger charge is -2.31. The molecular weight excluding hydrogens is 516 g/mol. The summed E-state index contributed by atoms with van der Waals surface area (Å²) in [6, 6.07) is 16.3. The maximum Gasteiger partial charge on any atom is 0.177 e. The fraction of sp³-hybridized carbons (Fsp3) is 0.579. The van der Waals surface area contributed by atoms with Crippen LogP contribution in [0.1, 0.15) is 115 Å². The molecule has 4 heteroatoms. The average Bonchev–Trinajstić information content (AvgIpc) is 2.96. The van der Waals surface area contributed by atoms with Crippen molar-refractivity contribution in [2.45, 2.75) is 93.9 Å². The number of rotatable bonds is 18. The predicted octanol–water partition coefficient (Wildman–Crippen LogP) is 9.44. The first-order valence-corrected chi connectivity index (χ1v) is 16.4. The minimum absolute atomic E-state index is 0.167. The standard InChI is InChI=1S/C38H56N2O2/c1-9-13-21-39(27-37(5,6)11-3)25-35(41)31-19-15-17-29-24-34-30(23-33(29)31)18-16-20-32(34)36(42)26-40(22-14-10-2)28-38(7,8)12-4/h15-20,23-24H,9-14,21-22,25-28H2,1-8H3. The van der Waals surface area contributed by atoms with E-state index >= 15 is 0 Å². The summed E-state index contributed by atoms with van der Waals surface area (Å²) in [5, 5.41) is 3.97. The lowest BCUT2D eigenvalue weighted by atomic mass is 9.89. The van der Waals surface area contributed by atoms with Gasteiger partial charge in [-0.3, -0.25) is 19.4 Å². The van der Waals surface area contributed by atoms with Crippen LogP contribution in [0.3, 0.4) is 0 Å². The Kier molecular flexibility index (Phi) is 12.3. The molecule has 0 unspecified atom stereocenters. The summed E-state index contributed by atoms with van der Waals surface area (Å²) in [6.07, 6.45) is 6.58. The molecular formula is C38H56N2O2. The van der Waals surface area contributed by atoms with Crippen molar-refractivity contribution in [1.82, 2.24) is 9.80 Å². The second-order valence-corrected chi connectivity index (χ2v) is 13.9. The van der Waals surface area contributed by atoms with Gasteiger partial charge in [0, 0.05) is 24.2 Å². The highest BCUT2D eigenvalue weighted by Gasteiger charge is 2.24. The molecule has 0 aliphatic heterocycles. The molecule has 0 saturated heterocycles. The van der Waals surface area contributed by atoms with Gasteiger partial charge in [0.05, 0.1) is 13.1 Å². The lowest BCUT2D eigenvalue weighted by Crippen LogP contribution is -2.38. The van der Waals surface area contributed by atoms with Crippen LogP contribution in [0.5, 0.6) is 0 Å². The zero-order chi connectivity index (χ0) is 30.9. The van der Waals surface area contributed by atoms with E-state index in [9.17, 15) is 9.59 Å². The van der Waals surface area contributed by atoms with Crippen LogP contribution in [-0.2, 0) is 0 Å². The van der Waals surface area contributed by atoms with E-state index in [0.29, 0.717) is 13.1 Å². The molecule has 4 nitrogen and oxygen atoms in total. The van der Waals surface area contributed by atoms with E-state index in [0.717, 1.165) is 97.4 Å². The van der Waals surface area contributed by atoms with Crippen LogP contribution in [0.4, 0.5) is 0 Å². The lowest BCUT2D eigenvalue weighted by molar-refractivity contribution is 0.0882. The van der Waals surface area contributed by atoms with Crippen LogP contribution in [0.2, 0.25) is 0 Å². The van der Waals surface area contributed by atoms with E-state index in [2.05, 4.69) is 89.5 Å². The van der Waals surface area contributed by atoms with E-state index in [-0.39, 0.29) is 22.4 Å². The number of unbranched alkanes of at least 4 members (excludes halogenated alkanes) is 2. The monoisotopic (exact) mass is 572 g/mol. The van der Waals surface area contributed by atoms with Gasteiger partial charge in [0.25, 0.3) is 0 Å². The van der Waals surface area contributed by atoms with Gasteiger partial charge in [0.15, 0.2) is 11.6 Å². The number of benzene rings is 3. The van der Waals surface area contributed by atoms with Gasteiger partial charge in [-0.05, 0) is 83.3 Å². The molecule has 0 aliphatic carbocycles. The SMILES string of the molecule is CCCCN(CC(=O)c1cccc2cc3c(C(=O)CN(CCCC)CC(C)(C)CC)cccc3cc12)CC(C)(C)CC. The van der Waals surface area contributed by atoms with Crippen molar-refractivity contribution in [2.75, 3.05) is 39.3 Å².